The summed E-state index contributed by atoms with van der Waals surface area (Å²) in [4.78, 5) is 27.6. The van der Waals surface area contributed by atoms with Gasteiger partial charge in [-0.2, -0.15) is 0 Å². The van der Waals surface area contributed by atoms with E-state index in [1.54, 1.807) is 18.3 Å². The van der Waals surface area contributed by atoms with Gasteiger partial charge < -0.3 is 19.7 Å². The molecule has 1 atom stereocenters. The summed E-state index contributed by atoms with van der Waals surface area (Å²) >= 11 is 0. The molecule has 0 aliphatic carbocycles. The molecular formula is C19H23N5O3. The number of carbonyl (C=O) groups excluding carboxylic acids is 1. The van der Waals surface area contributed by atoms with Gasteiger partial charge in [-0.15, -0.1) is 0 Å². The maximum atomic E-state index is 12.2. The molecule has 2 aliphatic rings. The van der Waals surface area contributed by atoms with Crippen LogP contribution in [0.4, 0.5) is 5.95 Å². The molecule has 0 bridgehead atoms. The normalized spacial score (nSPS) is 19.3. The first-order valence-corrected chi connectivity index (χ1v) is 9.28. The number of rotatable bonds is 5. The zero-order chi connectivity index (χ0) is 18.5. The fraction of sp³-hybridized carbons (Fsp3) is 0.474. The van der Waals surface area contributed by atoms with Crippen LogP contribution in [0, 0.1) is 0 Å². The van der Waals surface area contributed by atoms with Gasteiger partial charge in [0.25, 0.3) is 5.91 Å². The minimum Gasteiger partial charge on any atom is -0.468 e. The Bertz CT molecular complexity index is 786. The Balaban J connectivity index is 1.32. The van der Waals surface area contributed by atoms with Crippen LogP contribution in [0.3, 0.4) is 0 Å². The van der Waals surface area contributed by atoms with Crippen LogP contribution < -0.4 is 15.0 Å². The van der Waals surface area contributed by atoms with Gasteiger partial charge in [0.15, 0.2) is 6.61 Å². The van der Waals surface area contributed by atoms with Gasteiger partial charge >= 0.3 is 0 Å². The summed E-state index contributed by atoms with van der Waals surface area (Å²) in [5, 5.41) is 3.04. The van der Waals surface area contributed by atoms with E-state index in [2.05, 4.69) is 20.2 Å². The predicted molar refractivity (Wildman–Crippen MR) is 98.5 cm³/mol. The first-order chi connectivity index (χ1) is 13.3. The van der Waals surface area contributed by atoms with Crippen LogP contribution in [0.1, 0.15) is 24.1 Å². The van der Waals surface area contributed by atoms with Crippen molar-refractivity contribution in [2.75, 3.05) is 31.2 Å². The highest BCUT2D eigenvalue weighted by Gasteiger charge is 2.24. The zero-order valence-corrected chi connectivity index (χ0v) is 15.1. The van der Waals surface area contributed by atoms with Crippen LogP contribution in [0.15, 0.2) is 30.6 Å². The van der Waals surface area contributed by atoms with E-state index in [0.717, 1.165) is 43.0 Å². The van der Waals surface area contributed by atoms with Gasteiger partial charge in [-0.05, 0) is 18.9 Å². The van der Waals surface area contributed by atoms with Gasteiger partial charge in [-0.3, -0.25) is 4.79 Å². The molecule has 2 aromatic rings. The Hall–Kier alpha value is -2.74. The van der Waals surface area contributed by atoms with Gasteiger partial charge in [0.1, 0.15) is 0 Å². The van der Waals surface area contributed by atoms with Crippen LogP contribution in [0.25, 0.3) is 0 Å². The van der Waals surface area contributed by atoms with E-state index in [0.29, 0.717) is 25.6 Å². The Kier molecular flexibility index (Phi) is 5.43. The number of piperidine rings is 1. The monoisotopic (exact) mass is 369 g/mol. The van der Waals surface area contributed by atoms with E-state index < -0.39 is 0 Å². The molecule has 2 aromatic heterocycles. The summed E-state index contributed by atoms with van der Waals surface area (Å²) < 4.78 is 10.8. The van der Waals surface area contributed by atoms with Crippen LogP contribution in [0.2, 0.25) is 0 Å². The highest BCUT2D eigenvalue weighted by molar-refractivity contribution is 5.77. The SMILES string of the molecule is O=C(COc1ccccn1)N[C@H]1CCCN(c2ncc3c(n2)CCOC3)C1. The quantitative estimate of drug-likeness (QED) is 0.844. The summed E-state index contributed by atoms with van der Waals surface area (Å²) in [7, 11) is 0. The zero-order valence-electron chi connectivity index (χ0n) is 15.1. The van der Waals surface area contributed by atoms with E-state index in [9.17, 15) is 4.79 Å². The minimum absolute atomic E-state index is 0.0388. The lowest BCUT2D eigenvalue weighted by Gasteiger charge is -2.33. The maximum absolute atomic E-state index is 12.2. The van der Waals surface area contributed by atoms with Crippen LogP contribution in [-0.4, -0.2) is 53.2 Å². The second-order valence-corrected chi connectivity index (χ2v) is 6.75. The average molecular weight is 369 g/mol. The smallest absolute Gasteiger partial charge is 0.258 e. The predicted octanol–water partition coefficient (Wildman–Crippen LogP) is 1.11. The van der Waals surface area contributed by atoms with Gasteiger partial charge in [-0.1, -0.05) is 6.07 Å². The molecule has 142 valence electrons. The van der Waals surface area contributed by atoms with Crippen molar-refractivity contribution < 1.29 is 14.3 Å². The lowest BCUT2D eigenvalue weighted by atomic mass is 10.1. The number of pyridine rings is 1. The number of anilines is 1. The van der Waals surface area contributed by atoms with Crippen LogP contribution >= 0.6 is 0 Å². The molecular weight excluding hydrogens is 346 g/mol. The number of hydrogen-bond donors (Lipinski definition) is 1. The van der Waals surface area contributed by atoms with Gasteiger partial charge in [-0.25, -0.2) is 15.0 Å². The third-order valence-electron chi connectivity index (χ3n) is 4.74. The number of nitrogens with one attached hydrogen (secondary N) is 1. The average Bonchev–Trinajstić information content (AvgIpc) is 2.73. The largest absolute Gasteiger partial charge is 0.468 e. The van der Waals surface area contributed by atoms with Crippen molar-refractivity contribution in [1.82, 2.24) is 20.3 Å². The first kappa shape index (κ1) is 17.7. The standard InChI is InChI=1S/C19H23N5O3/c25-17(13-27-18-5-1-2-7-20-18)22-15-4-3-8-24(11-15)19-21-10-14-12-26-9-6-16(14)23-19/h1-2,5,7,10,15H,3-4,6,8-9,11-13H2,(H,22,25)/t15-/m0/s1. The Morgan fingerprint density at radius 3 is 3.22 bits per heavy atom. The number of aromatic nitrogens is 3. The molecule has 8 nitrogen and oxygen atoms in total. The Morgan fingerprint density at radius 1 is 1.37 bits per heavy atom. The topological polar surface area (TPSA) is 89.5 Å². The fourth-order valence-corrected chi connectivity index (χ4v) is 3.39. The Labute approximate surface area is 157 Å². The molecule has 1 amide bonds. The minimum atomic E-state index is -0.143. The lowest BCUT2D eigenvalue weighted by molar-refractivity contribution is -0.123. The number of fused-ring (bicyclic) bond motifs is 1. The molecule has 0 spiro atoms. The number of amides is 1. The third kappa shape index (κ3) is 4.51. The van der Waals surface area contributed by atoms with E-state index in [-0.39, 0.29) is 18.6 Å². The highest BCUT2D eigenvalue weighted by Crippen LogP contribution is 2.20. The Morgan fingerprint density at radius 2 is 2.33 bits per heavy atom. The fourth-order valence-electron chi connectivity index (χ4n) is 3.39. The molecule has 1 N–H and O–H groups in total. The van der Waals surface area contributed by atoms with E-state index in [1.807, 2.05) is 12.3 Å². The van der Waals surface area contributed by atoms with E-state index in [1.165, 1.54) is 0 Å². The summed E-state index contributed by atoms with van der Waals surface area (Å²) in [6, 6.07) is 5.42. The van der Waals surface area contributed by atoms with Crippen molar-refractivity contribution in [2.45, 2.75) is 31.9 Å². The molecule has 4 heterocycles. The van der Waals surface area contributed by atoms with Crippen molar-refractivity contribution in [3.05, 3.63) is 41.9 Å². The molecule has 1 saturated heterocycles. The van der Waals surface area contributed by atoms with Crippen molar-refractivity contribution in [3.63, 3.8) is 0 Å². The van der Waals surface area contributed by atoms with Crippen molar-refractivity contribution in [3.8, 4) is 5.88 Å². The van der Waals surface area contributed by atoms with E-state index >= 15 is 0 Å². The van der Waals surface area contributed by atoms with Gasteiger partial charge in [0.05, 0.1) is 18.9 Å². The lowest BCUT2D eigenvalue weighted by Crippen LogP contribution is -2.49. The molecule has 0 radical (unpaired) electrons. The summed E-state index contributed by atoms with van der Waals surface area (Å²) in [6.07, 6.45) is 6.24. The first-order valence-electron chi connectivity index (χ1n) is 9.28. The molecule has 0 unspecified atom stereocenters. The number of nitrogens with zero attached hydrogens (tertiary/aromatic N) is 4. The maximum Gasteiger partial charge on any atom is 0.258 e. The van der Waals surface area contributed by atoms with Crippen molar-refractivity contribution >= 4 is 11.9 Å². The summed E-state index contributed by atoms with van der Waals surface area (Å²) in [6.45, 7) is 2.85. The van der Waals surface area contributed by atoms with Gasteiger partial charge in [0.2, 0.25) is 11.8 Å². The van der Waals surface area contributed by atoms with Crippen LogP contribution in [-0.2, 0) is 22.6 Å². The van der Waals surface area contributed by atoms with Crippen molar-refractivity contribution in [2.24, 2.45) is 0 Å². The summed E-state index contributed by atoms with van der Waals surface area (Å²) in [5.74, 6) is 1.04. The molecule has 0 saturated carbocycles. The van der Waals surface area contributed by atoms with Crippen molar-refractivity contribution in [1.29, 1.82) is 0 Å². The highest BCUT2D eigenvalue weighted by atomic mass is 16.5. The number of hydrogen-bond acceptors (Lipinski definition) is 7. The number of carbonyl (C=O) groups is 1. The molecule has 2 aliphatic heterocycles. The summed E-state index contributed by atoms with van der Waals surface area (Å²) in [5.41, 5.74) is 2.14. The van der Waals surface area contributed by atoms with E-state index in [4.69, 9.17) is 14.5 Å². The molecule has 27 heavy (non-hydrogen) atoms. The van der Waals surface area contributed by atoms with Crippen LogP contribution in [0.5, 0.6) is 5.88 Å². The number of ether oxygens (including phenoxy) is 2. The second-order valence-electron chi connectivity index (χ2n) is 6.75. The molecule has 0 aromatic carbocycles. The van der Waals surface area contributed by atoms with Gasteiger partial charge in [0, 0.05) is 49.6 Å². The second kappa shape index (κ2) is 8.30. The molecule has 8 heteroatoms. The third-order valence-corrected chi connectivity index (χ3v) is 4.74. The molecule has 1 fully saturated rings. The molecule has 4 rings (SSSR count).